The van der Waals surface area contributed by atoms with Crippen LogP contribution >= 0.6 is 11.6 Å². The maximum Gasteiger partial charge on any atom is 0.265 e. The molecule has 0 aromatic heterocycles. The first kappa shape index (κ1) is 22.0. The molecule has 166 valence electrons. The Bertz CT molecular complexity index is 1290. The average Bonchev–Trinajstić information content (AvgIpc) is 3.24. The lowest BCUT2D eigenvalue weighted by molar-refractivity contribution is 0.102. The van der Waals surface area contributed by atoms with Crippen LogP contribution in [0, 0.1) is 0 Å². The molecule has 0 fully saturated rings. The molecule has 0 spiro atoms. The molecule has 1 aliphatic rings. The van der Waals surface area contributed by atoms with Gasteiger partial charge in [0.2, 0.25) is 0 Å². The zero-order valence-electron chi connectivity index (χ0n) is 17.5. The summed E-state index contributed by atoms with van der Waals surface area (Å²) in [6.45, 7) is 0.320. The number of hydrogen-bond donors (Lipinski definition) is 1. The van der Waals surface area contributed by atoms with E-state index in [0.717, 1.165) is 5.56 Å². The van der Waals surface area contributed by atoms with Gasteiger partial charge in [0, 0.05) is 23.9 Å². The van der Waals surface area contributed by atoms with E-state index < -0.39 is 15.9 Å². The van der Waals surface area contributed by atoms with Crippen LogP contribution in [0.2, 0.25) is 5.02 Å². The second kappa shape index (κ2) is 8.72. The number of methoxy groups -OCH3 is 2. The Kier molecular flexibility index (Phi) is 5.99. The summed E-state index contributed by atoms with van der Waals surface area (Å²) in [5, 5.41) is 2.79. The predicted octanol–water partition coefficient (Wildman–Crippen LogP) is 4.36. The molecule has 0 aliphatic carbocycles. The van der Waals surface area contributed by atoms with Gasteiger partial charge in [-0.25, -0.2) is 8.42 Å². The Hall–Kier alpha value is -3.23. The number of sulfonamides is 1. The van der Waals surface area contributed by atoms with Crippen molar-refractivity contribution in [3.05, 3.63) is 76.8 Å². The molecule has 3 aromatic carbocycles. The molecule has 0 radical (unpaired) electrons. The first-order chi connectivity index (χ1) is 15.3. The maximum atomic E-state index is 13.4. The van der Waals surface area contributed by atoms with Gasteiger partial charge in [0.05, 0.1) is 24.9 Å². The smallest absolute Gasteiger partial charge is 0.265 e. The van der Waals surface area contributed by atoms with Crippen LogP contribution < -0.4 is 19.1 Å². The van der Waals surface area contributed by atoms with E-state index in [1.165, 1.54) is 36.7 Å². The van der Waals surface area contributed by atoms with Gasteiger partial charge in [0.25, 0.3) is 15.9 Å². The third-order valence-electron chi connectivity index (χ3n) is 5.25. The second-order valence-corrected chi connectivity index (χ2v) is 9.36. The van der Waals surface area contributed by atoms with Crippen LogP contribution in [0.25, 0.3) is 0 Å². The number of anilines is 2. The van der Waals surface area contributed by atoms with Crippen LogP contribution in [0.3, 0.4) is 0 Å². The number of carbonyl (C=O) groups is 1. The molecule has 0 bridgehead atoms. The van der Waals surface area contributed by atoms with E-state index >= 15 is 0 Å². The van der Waals surface area contributed by atoms with Crippen molar-refractivity contribution in [2.75, 3.05) is 30.4 Å². The highest BCUT2D eigenvalue weighted by Gasteiger charge is 2.32. The number of para-hydroxylation sites is 1. The molecular formula is C23H21ClN2O5S. The molecule has 7 nitrogen and oxygen atoms in total. The minimum Gasteiger partial charge on any atom is -0.493 e. The van der Waals surface area contributed by atoms with Gasteiger partial charge in [0.1, 0.15) is 4.90 Å². The first-order valence-electron chi connectivity index (χ1n) is 9.78. The topological polar surface area (TPSA) is 84.9 Å². The zero-order valence-corrected chi connectivity index (χ0v) is 19.0. The van der Waals surface area contributed by atoms with Crippen molar-refractivity contribution in [3.8, 4) is 11.5 Å². The number of benzene rings is 3. The van der Waals surface area contributed by atoms with E-state index in [0.29, 0.717) is 35.8 Å². The minimum absolute atomic E-state index is 0.0528. The largest absolute Gasteiger partial charge is 0.493 e. The van der Waals surface area contributed by atoms with Crippen molar-refractivity contribution >= 4 is 38.9 Å². The van der Waals surface area contributed by atoms with Gasteiger partial charge in [-0.1, -0.05) is 29.8 Å². The Morgan fingerprint density at radius 3 is 2.50 bits per heavy atom. The summed E-state index contributed by atoms with van der Waals surface area (Å²) in [4.78, 5) is 12.7. The fourth-order valence-electron chi connectivity index (χ4n) is 3.64. The number of nitrogens with one attached hydrogen (secondary N) is 1. The van der Waals surface area contributed by atoms with E-state index in [9.17, 15) is 13.2 Å². The molecule has 1 heterocycles. The summed E-state index contributed by atoms with van der Waals surface area (Å²) in [6.07, 6.45) is 0.618. The molecule has 1 aliphatic heterocycles. The number of halogens is 1. The van der Waals surface area contributed by atoms with Crippen LogP contribution in [0.4, 0.5) is 11.4 Å². The Morgan fingerprint density at radius 1 is 1.00 bits per heavy atom. The van der Waals surface area contributed by atoms with Crippen LogP contribution in [0.15, 0.2) is 65.6 Å². The number of rotatable bonds is 6. The summed E-state index contributed by atoms with van der Waals surface area (Å²) in [5.74, 6) is 0.501. The number of ether oxygens (including phenoxy) is 2. The summed E-state index contributed by atoms with van der Waals surface area (Å²) in [6, 6.07) is 16.5. The number of nitrogens with zero attached hydrogens (tertiary/aromatic N) is 1. The van der Waals surface area contributed by atoms with Crippen LogP contribution in [0.5, 0.6) is 11.5 Å². The Morgan fingerprint density at radius 2 is 1.75 bits per heavy atom. The van der Waals surface area contributed by atoms with Crippen molar-refractivity contribution in [3.63, 3.8) is 0 Å². The lowest BCUT2D eigenvalue weighted by Gasteiger charge is -2.20. The van der Waals surface area contributed by atoms with Gasteiger partial charge in [-0.3, -0.25) is 9.10 Å². The van der Waals surface area contributed by atoms with E-state index in [1.807, 2.05) is 12.1 Å². The summed E-state index contributed by atoms with van der Waals surface area (Å²) in [5.41, 5.74) is 2.22. The number of amides is 1. The van der Waals surface area contributed by atoms with Crippen LogP contribution in [-0.2, 0) is 16.4 Å². The Labute approximate surface area is 191 Å². The van der Waals surface area contributed by atoms with E-state index in [1.54, 1.807) is 30.3 Å². The molecule has 1 N–H and O–H groups in total. The molecule has 0 saturated heterocycles. The normalized spacial score (nSPS) is 12.9. The van der Waals surface area contributed by atoms with Crippen molar-refractivity contribution in [1.29, 1.82) is 0 Å². The molecular weight excluding hydrogens is 452 g/mol. The molecule has 9 heteroatoms. The summed E-state index contributed by atoms with van der Waals surface area (Å²) in [7, 11) is -0.932. The highest BCUT2D eigenvalue weighted by atomic mass is 35.5. The van der Waals surface area contributed by atoms with Crippen LogP contribution in [0.1, 0.15) is 15.9 Å². The molecule has 3 aromatic rings. The summed E-state index contributed by atoms with van der Waals surface area (Å²) < 4.78 is 38.6. The molecule has 0 saturated carbocycles. The minimum atomic E-state index is -3.95. The number of carbonyl (C=O) groups excluding carboxylic acids is 1. The molecule has 1 amide bonds. The van der Waals surface area contributed by atoms with Crippen molar-refractivity contribution in [1.82, 2.24) is 0 Å². The third kappa shape index (κ3) is 3.99. The van der Waals surface area contributed by atoms with Crippen LogP contribution in [-0.4, -0.2) is 35.1 Å². The predicted molar refractivity (Wildman–Crippen MR) is 124 cm³/mol. The number of fused-ring (bicyclic) bond motifs is 1. The van der Waals surface area contributed by atoms with Crippen molar-refractivity contribution in [2.24, 2.45) is 0 Å². The molecule has 0 atom stereocenters. The lowest BCUT2D eigenvalue weighted by atomic mass is 10.2. The van der Waals surface area contributed by atoms with Crippen molar-refractivity contribution in [2.45, 2.75) is 11.3 Å². The molecule has 32 heavy (non-hydrogen) atoms. The van der Waals surface area contributed by atoms with Gasteiger partial charge in [-0.05, 0) is 48.4 Å². The third-order valence-corrected chi connectivity index (χ3v) is 7.54. The summed E-state index contributed by atoms with van der Waals surface area (Å²) >= 11 is 6.26. The highest BCUT2D eigenvalue weighted by Crippen LogP contribution is 2.35. The highest BCUT2D eigenvalue weighted by molar-refractivity contribution is 7.93. The lowest BCUT2D eigenvalue weighted by Crippen LogP contribution is -2.29. The fraction of sp³-hybridized carbons (Fsp3) is 0.174. The van der Waals surface area contributed by atoms with E-state index in [4.69, 9.17) is 21.1 Å². The average molecular weight is 473 g/mol. The molecule has 0 unspecified atom stereocenters. The van der Waals surface area contributed by atoms with Gasteiger partial charge >= 0.3 is 0 Å². The standard InChI is InChI=1S/C23H21ClN2O5S/c1-30-20-10-8-17(14-21(20)31-2)25-23(27)16-7-9-18(24)22(13-16)32(28,29)26-12-11-15-5-3-4-6-19(15)26/h3-10,13-14H,11-12H2,1-2H3,(H,25,27). The second-order valence-electron chi connectivity index (χ2n) is 7.12. The maximum absolute atomic E-state index is 13.4. The van der Waals surface area contributed by atoms with Crippen molar-refractivity contribution < 1.29 is 22.7 Å². The van der Waals surface area contributed by atoms with E-state index in [-0.39, 0.29) is 15.5 Å². The SMILES string of the molecule is COc1ccc(NC(=O)c2ccc(Cl)c(S(=O)(=O)N3CCc4ccccc43)c2)cc1OC. The first-order valence-corrected chi connectivity index (χ1v) is 11.6. The van der Waals surface area contributed by atoms with E-state index in [2.05, 4.69) is 5.32 Å². The fourth-order valence-corrected chi connectivity index (χ4v) is 5.64. The zero-order chi connectivity index (χ0) is 22.9. The monoisotopic (exact) mass is 472 g/mol. The van der Waals surface area contributed by atoms with Gasteiger partial charge < -0.3 is 14.8 Å². The molecule has 4 rings (SSSR count). The Balaban J connectivity index is 1.64. The number of hydrogen-bond acceptors (Lipinski definition) is 5. The van der Waals surface area contributed by atoms with Gasteiger partial charge in [0.15, 0.2) is 11.5 Å². The quantitative estimate of drug-likeness (QED) is 0.576. The van der Waals surface area contributed by atoms with Gasteiger partial charge in [-0.15, -0.1) is 0 Å². The van der Waals surface area contributed by atoms with Gasteiger partial charge in [-0.2, -0.15) is 0 Å².